The Balaban J connectivity index is 0. The molecular formula is C4H8NNaO4. The van der Waals surface area contributed by atoms with E-state index in [1.165, 1.54) is 6.92 Å². The molecule has 54 valence electrons. The molecule has 10 heavy (non-hydrogen) atoms. The first-order valence-electron chi connectivity index (χ1n) is 2.42. The van der Waals surface area contributed by atoms with Crippen molar-refractivity contribution in [2.45, 2.75) is 12.8 Å². The number of nitrogens with one attached hydrogen (secondary N) is 1. The Hall–Kier alpha value is 0.350. The van der Waals surface area contributed by atoms with Gasteiger partial charge in [-0.25, -0.2) is 0 Å². The standard InChI is InChI=1S/C4H9NO4.Na/c1-2-5-4(8,9)3(6)7;/h5,8-9H,2H2,1H3,(H,6,7);/q;+1/p-1. The van der Waals surface area contributed by atoms with E-state index in [2.05, 4.69) is 0 Å². The number of carbonyl (C=O) groups is 1. The largest absolute Gasteiger partial charge is 1.00 e. The molecular weight excluding hydrogens is 149 g/mol. The summed E-state index contributed by atoms with van der Waals surface area (Å²) in [6, 6.07) is 0. The number of hydrogen-bond donors (Lipinski definition) is 3. The van der Waals surface area contributed by atoms with Crippen LogP contribution in [0.5, 0.6) is 0 Å². The zero-order valence-corrected chi connectivity index (χ0v) is 7.92. The van der Waals surface area contributed by atoms with Crippen molar-refractivity contribution in [2.75, 3.05) is 6.54 Å². The minimum absolute atomic E-state index is 0. The average Bonchev–Trinajstić information content (AvgIpc) is 1.65. The van der Waals surface area contributed by atoms with Crippen molar-refractivity contribution < 1.29 is 49.7 Å². The van der Waals surface area contributed by atoms with Crippen molar-refractivity contribution in [3.8, 4) is 0 Å². The Bertz CT molecular complexity index is 116. The van der Waals surface area contributed by atoms with E-state index in [0.717, 1.165) is 0 Å². The maximum Gasteiger partial charge on any atom is 1.00 e. The molecule has 0 atom stereocenters. The van der Waals surface area contributed by atoms with E-state index in [1.807, 2.05) is 5.32 Å². The van der Waals surface area contributed by atoms with Crippen molar-refractivity contribution >= 4 is 5.97 Å². The molecule has 0 heterocycles. The molecule has 0 spiro atoms. The topological polar surface area (TPSA) is 92.6 Å². The second-order valence-electron chi connectivity index (χ2n) is 1.49. The molecule has 0 aliphatic heterocycles. The Kier molecular flexibility index (Phi) is 6.57. The third-order valence-corrected chi connectivity index (χ3v) is 0.708. The van der Waals surface area contributed by atoms with Crippen LogP contribution in [-0.4, -0.2) is 28.6 Å². The van der Waals surface area contributed by atoms with Crippen LogP contribution < -0.4 is 40.0 Å². The van der Waals surface area contributed by atoms with Crippen LogP contribution in [0.2, 0.25) is 0 Å². The SMILES string of the molecule is CCNC(O)(O)C(=O)[O-].[Na+]. The van der Waals surface area contributed by atoms with Crippen molar-refractivity contribution in [3.63, 3.8) is 0 Å². The molecule has 6 heteroatoms. The number of carboxylic acid groups (broad SMARTS) is 1. The van der Waals surface area contributed by atoms with E-state index in [0.29, 0.717) is 0 Å². The number of hydrogen-bond acceptors (Lipinski definition) is 5. The van der Waals surface area contributed by atoms with Gasteiger partial charge in [0.25, 0.3) is 5.91 Å². The van der Waals surface area contributed by atoms with Gasteiger partial charge in [-0.3, -0.25) is 5.32 Å². The van der Waals surface area contributed by atoms with Crippen molar-refractivity contribution in [3.05, 3.63) is 0 Å². The molecule has 5 nitrogen and oxygen atoms in total. The van der Waals surface area contributed by atoms with E-state index in [-0.39, 0.29) is 36.1 Å². The first-order valence-corrected chi connectivity index (χ1v) is 2.42. The predicted molar refractivity (Wildman–Crippen MR) is 25.9 cm³/mol. The van der Waals surface area contributed by atoms with Crippen LogP contribution in [0.15, 0.2) is 0 Å². The fourth-order valence-corrected chi connectivity index (χ4v) is 0.319. The number of carbonyl (C=O) groups excluding carboxylic acids is 1. The number of aliphatic carboxylic acids is 1. The fourth-order valence-electron chi connectivity index (χ4n) is 0.319. The van der Waals surface area contributed by atoms with Gasteiger partial charge < -0.3 is 20.1 Å². The molecule has 0 bridgehead atoms. The van der Waals surface area contributed by atoms with E-state index in [9.17, 15) is 9.90 Å². The second-order valence-corrected chi connectivity index (χ2v) is 1.49. The van der Waals surface area contributed by atoms with Crippen LogP contribution in [0, 0.1) is 0 Å². The summed E-state index contributed by atoms with van der Waals surface area (Å²) in [7, 11) is 0. The summed E-state index contributed by atoms with van der Waals surface area (Å²) in [6.45, 7) is 1.67. The molecule has 0 aliphatic carbocycles. The summed E-state index contributed by atoms with van der Waals surface area (Å²) in [6.07, 6.45) is 0. The van der Waals surface area contributed by atoms with Gasteiger partial charge in [0.05, 0.1) is 0 Å². The number of likely N-dealkylation sites (N-methyl/N-ethyl adjacent to an activating group) is 1. The summed E-state index contributed by atoms with van der Waals surface area (Å²) in [5.74, 6) is -4.85. The van der Waals surface area contributed by atoms with E-state index in [4.69, 9.17) is 10.2 Å². The quantitative estimate of drug-likeness (QED) is 0.280. The Labute approximate surface area is 80.3 Å². The zero-order chi connectivity index (χ0) is 7.49. The Morgan fingerprint density at radius 1 is 1.70 bits per heavy atom. The van der Waals surface area contributed by atoms with Gasteiger partial charge in [0.2, 0.25) is 0 Å². The van der Waals surface area contributed by atoms with Gasteiger partial charge in [0.1, 0.15) is 5.97 Å². The van der Waals surface area contributed by atoms with Crippen LogP contribution in [0.25, 0.3) is 0 Å². The Morgan fingerprint density at radius 3 is 2.20 bits per heavy atom. The number of aliphatic hydroxyl groups is 2. The molecule has 0 aromatic rings. The summed E-state index contributed by atoms with van der Waals surface area (Å²) < 4.78 is 0. The number of rotatable bonds is 3. The summed E-state index contributed by atoms with van der Waals surface area (Å²) >= 11 is 0. The van der Waals surface area contributed by atoms with E-state index >= 15 is 0 Å². The van der Waals surface area contributed by atoms with Gasteiger partial charge in [-0.15, -0.1) is 0 Å². The Morgan fingerprint density at radius 2 is 2.10 bits per heavy atom. The molecule has 0 saturated heterocycles. The smallest absolute Gasteiger partial charge is 0.543 e. The molecule has 0 aromatic carbocycles. The summed E-state index contributed by atoms with van der Waals surface area (Å²) in [4.78, 5) is 9.74. The van der Waals surface area contributed by atoms with E-state index < -0.39 is 11.9 Å². The second kappa shape index (κ2) is 5.06. The van der Waals surface area contributed by atoms with Crippen molar-refractivity contribution in [1.29, 1.82) is 0 Å². The van der Waals surface area contributed by atoms with E-state index in [1.54, 1.807) is 0 Å². The fraction of sp³-hybridized carbons (Fsp3) is 0.750. The summed E-state index contributed by atoms with van der Waals surface area (Å²) in [5.41, 5.74) is 0. The molecule has 0 saturated carbocycles. The monoisotopic (exact) mass is 157 g/mol. The van der Waals surface area contributed by atoms with Gasteiger partial charge in [0.15, 0.2) is 0 Å². The molecule has 0 radical (unpaired) electrons. The minimum atomic E-state index is -2.89. The van der Waals surface area contributed by atoms with Crippen LogP contribution in [-0.2, 0) is 4.79 Å². The molecule has 0 unspecified atom stereocenters. The molecule has 0 amide bonds. The van der Waals surface area contributed by atoms with Gasteiger partial charge in [0, 0.05) is 0 Å². The normalized spacial score (nSPS) is 10.3. The van der Waals surface area contributed by atoms with Crippen molar-refractivity contribution in [2.24, 2.45) is 0 Å². The molecule has 0 fully saturated rings. The average molecular weight is 157 g/mol. The minimum Gasteiger partial charge on any atom is -0.543 e. The van der Waals surface area contributed by atoms with Crippen LogP contribution in [0.3, 0.4) is 0 Å². The van der Waals surface area contributed by atoms with Gasteiger partial charge in [-0.05, 0) is 6.54 Å². The molecule has 0 aliphatic rings. The van der Waals surface area contributed by atoms with Crippen LogP contribution in [0.4, 0.5) is 0 Å². The predicted octanol–water partition coefficient (Wildman–Crippen LogP) is -6.01. The first-order chi connectivity index (χ1) is 4.00. The molecule has 0 rings (SSSR count). The summed E-state index contributed by atoms with van der Waals surface area (Å²) in [5, 5.41) is 28.4. The third-order valence-electron chi connectivity index (χ3n) is 0.708. The third kappa shape index (κ3) is 4.21. The molecule has 3 N–H and O–H groups in total. The van der Waals surface area contributed by atoms with Crippen LogP contribution >= 0.6 is 0 Å². The van der Waals surface area contributed by atoms with Crippen molar-refractivity contribution in [1.82, 2.24) is 5.32 Å². The number of carboxylic acids is 1. The van der Waals surface area contributed by atoms with Gasteiger partial charge in [-0.2, -0.15) is 0 Å². The van der Waals surface area contributed by atoms with Crippen LogP contribution in [0.1, 0.15) is 6.92 Å². The zero-order valence-electron chi connectivity index (χ0n) is 5.92. The molecule has 0 aromatic heterocycles. The maximum atomic E-state index is 9.74. The maximum absolute atomic E-state index is 9.74. The van der Waals surface area contributed by atoms with Gasteiger partial charge >= 0.3 is 29.6 Å². The van der Waals surface area contributed by atoms with Gasteiger partial charge in [-0.1, -0.05) is 6.92 Å². The first kappa shape index (κ1) is 13.0.